The number of thiophene rings is 3. The van der Waals surface area contributed by atoms with E-state index in [4.69, 9.17) is 85.4 Å². The molecule has 118 heavy (non-hydrogen) atoms. The summed E-state index contributed by atoms with van der Waals surface area (Å²) in [6.45, 7) is 8.37. The number of ether oxygens (including phenoxy) is 1. The minimum Gasteiger partial charge on any atom is -0.457 e. The van der Waals surface area contributed by atoms with Crippen LogP contribution in [-0.4, -0.2) is 80.3 Å². The molecular formula is C95H69B2Cl4N9O5S3. The highest BCUT2D eigenvalue weighted by molar-refractivity contribution is 7.27. The third-order valence-corrected chi connectivity index (χ3v) is 25.6. The SMILES string of the molecule is C.CC1(C)OB(c2ccc3c(c2)-c2c(-c4nc(-c5ccccc5)nc(-c5ccccc5)n4)cccc2C32c3ccccc3Oc3ccccc32)OC1(C)C.Clc1nc(-c2ccccc2)c2sc3ccccc3c2n1.Clc1nc(-c2ccccc2)c2sc3ccccc3c2n1.Clc1nc(Cl)c2sc3ccccc3c2n1.OB(O)c1ccccc1. The van der Waals surface area contributed by atoms with Gasteiger partial charge >= 0.3 is 14.2 Å². The fourth-order valence-electron chi connectivity index (χ4n) is 15.1. The fraction of sp³-hybridized carbons (Fsp3) is 0.0842. The van der Waals surface area contributed by atoms with E-state index in [0.29, 0.717) is 38.7 Å². The van der Waals surface area contributed by atoms with Crippen molar-refractivity contribution in [3.63, 3.8) is 0 Å². The third kappa shape index (κ3) is 15.0. The summed E-state index contributed by atoms with van der Waals surface area (Å²) in [7, 11) is -1.87. The Bertz CT molecular complexity index is 6690. The van der Waals surface area contributed by atoms with Crippen molar-refractivity contribution in [3.8, 4) is 79.3 Å². The zero-order valence-electron chi connectivity index (χ0n) is 63.0. The standard InChI is InChI=1S/C46H36BN3O3.2C16H9ClN2S.C10H4Cl2N2S.C6H7BO2.CH4/c1-44(2)45(3,4)53-47(52-44)31-26-27-34-33(28-31)40-32(43-49-41(29-16-7-5-8-17-29)48-42(50-43)30-18-9-6-10-19-30)20-15-23-37(40)46(34)35-21-11-13-24-38(35)51-39-25-14-12-22-36(39)46;2*17-16-18-13(10-6-2-1-3-7-10)15-14(19-16)11-8-4-5-9-12(11)20-15;11-9-8-7(13-10(12)14-9)5-3-1-2-4-6(5)15-8;8-7(9)6-4-2-1-3-5-6;/h5-28H,1-4H3;2*1-9H;1-4H;1-5,8-9H;1H4. The molecule has 0 saturated carbocycles. The average Bonchev–Trinajstić information content (AvgIpc) is 1.50. The van der Waals surface area contributed by atoms with E-state index in [1.54, 1.807) is 58.3 Å². The van der Waals surface area contributed by atoms with E-state index in [2.05, 4.69) is 155 Å². The number of rotatable bonds is 7. The van der Waals surface area contributed by atoms with Crippen LogP contribution in [0.3, 0.4) is 0 Å². The Hall–Kier alpha value is -11.5. The van der Waals surface area contributed by atoms with Crippen molar-refractivity contribution >= 4 is 166 Å². The lowest BCUT2D eigenvalue weighted by molar-refractivity contribution is 0.00578. The first-order chi connectivity index (χ1) is 57.0. The van der Waals surface area contributed by atoms with Gasteiger partial charge in [0.25, 0.3) is 0 Å². The summed E-state index contributed by atoms with van der Waals surface area (Å²) in [5.74, 6) is 3.51. The minimum absolute atomic E-state index is 0. The van der Waals surface area contributed by atoms with E-state index in [9.17, 15) is 0 Å². The second kappa shape index (κ2) is 33.1. The molecule has 12 aromatic carbocycles. The Morgan fingerprint density at radius 2 is 0.729 bits per heavy atom. The number of hydrogen-bond donors (Lipinski definition) is 2. The molecular weight excluding hydrogens is 1610 g/mol. The zero-order valence-corrected chi connectivity index (χ0v) is 68.5. The smallest absolute Gasteiger partial charge is 0.457 e. The highest BCUT2D eigenvalue weighted by atomic mass is 35.5. The molecule has 23 heteroatoms. The van der Waals surface area contributed by atoms with Gasteiger partial charge in [-0.2, -0.15) is 0 Å². The van der Waals surface area contributed by atoms with Gasteiger partial charge in [0.15, 0.2) is 22.6 Å². The molecule has 9 heterocycles. The molecule has 22 rings (SSSR count). The summed E-state index contributed by atoms with van der Waals surface area (Å²) in [5, 5.41) is 21.7. The predicted octanol–water partition coefficient (Wildman–Crippen LogP) is 24.1. The van der Waals surface area contributed by atoms with Crippen LogP contribution < -0.4 is 15.7 Å². The Labute approximate surface area is 713 Å². The first-order valence-corrected chi connectivity index (χ1v) is 41.5. The fourth-order valence-corrected chi connectivity index (χ4v) is 19.2. The van der Waals surface area contributed by atoms with Crippen LogP contribution in [0.15, 0.2) is 309 Å². The van der Waals surface area contributed by atoms with Crippen LogP contribution in [0, 0.1) is 0 Å². The van der Waals surface area contributed by atoms with Gasteiger partial charge < -0.3 is 24.1 Å². The second-order valence-corrected chi connectivity index (χ2v) is 33.3. The molecule has 0 radical (unpaired) electrons. The van der Waals surface area contributed by atoms with E-state index >= 15 is 0 Å². The maximum absolute atomic E-state index is 8.58. The van der Waals surface area contributed by atoms with Gasteiger partial charge in [0, 0.05) is 69.2 Å². The molecule has 0 atom stereocenters. The number of para-hydroxylation sites is 2. The van der Waals surface area contributed by atoms with Gasteiger partial charge in [-0.3, -0.25) is 0 Å². The molecule has 1 saturated heterocycles. The van der Waals surface area contributed by atoms with Gasteiger partial charge in [-0.25, -0.2) is 44.9 Å². The lowest BCUT2D eigenvalue weighted by Gasteiger charge is -2.39. The molecule has 19 aromatic rings. The number of fused-ring (bicyclic) bond motifs is 18. The molecule has 1 fully saturated rings. The predicted molar refractivity (Wildman–Crippen MR) is 488 cm³/mol. The summed E-state index contributed by atoms with van der Waals surface area (Å²) in [6, 6.07) is 104. The molecule has 1 aliphatic carbocycles. The number of hydrogen-bond acceptors (Lipinski definition) is 17. The first kappa shape index (κ1) is 79.0. The zero-order chi connectivity index (χ0) is 80.1. The van der Waals surface area contributed by atoms with Gasteiger partial charge in [0.05, 0.1) is 58.7 Å². The van der Waals surface area contributed by atoms with Gasteiger partial charge in [0.1, 0.15) is 11.5 Å². The lowest BCUT2D eigenvalue weighted by atomic mass is 9.65. The summed E-state index contributed by atoms with van der Waals surface area (Å²) in [4.78, 5) is 41.3. The molecule has 7 aromatic heterocycles. The summed E-state index contributed by atoms with van der Waals surface area (Å²) in [5.41, 5.74) is 15.9. The number of benzene rings is 12. The van der Waals surface area contributed by atoms with Crippen LogP contribution >= 0.6 is 80.4 Å². The van der Waals surface area contributed by atoms with E-state index in [-0.39, 0.29) is 12.7 Å². The Balaban J connectivity index is 0.000000124. The topological polar surface area (TPSA) is 184 Å². The molecule has 0 unspecified atom stereocenters. The van der Waals surface area contributed by atoms with Gasteiger partial charge in [0.2, 0.25) is 15.9 Å². The highest BCUT2D eigenvalue weighted by Gasteiger charge is 2.55. The van der Waals surface area contributed by atoms with Crippen molar-refractivity contribution in [1.82, 2.24) is 44.9 Å². The molecule has 2 N–H and O–H groups in total. The minimum atomic E-state index is -1.34. The van der Waals surface area contributed by atoms with Gasteiger partial charge in [-0.15, -0.1) is 34.0 Å². The van der Waals surface area contributed by atoms with Crippen molar-refractivity contribution in [2.45, 2.75) is 51.7 Å². The van der Waals surface area contributed by atoms with Crippen LogP contribution in [0.4, 0.5) is 0 Å². The van der Waals surface area contributed by atoms with Crippen molar-refractivity contribution in [2.24, 2.45) is 0 Å². The van der Waals surface area contributed by atoms with Crippen molar-refractivity contribution < 1.29 is 24.1 Å². The van der Waals surface area contributed by atoms with Gasteiger partial charge in [-0.05, 0) is 126 Å². The van der Waals surface area contributed by atoms with Crippen LogP contribution in [0.1, 0.15) is 57.4 Å². The summed E-state index contributed by atoms with van der Waals surface area (Å²) < 4.78 is 26.5. The highest BCUT2D eigenvalue weighted by Crippen LogP contribution is 2.63. The van der Waals surface area contributed by atoms with E-state index < -0.39 is 30.9 Å². The number of nitrogens with zero attached hydrogens (tertiary/aromatic N) is 9. The van der Waals surface area contributed by atoms with E-state index in [0.717, 1.165) is 141 Å². The Morgan fingerprint density at radius 1 is 0.347 bits per heavy atom. The normalized spacial score (nSPS) is 13.5. The van der Waals surface area contributed by atoms with Crippen molar-refractivity contribution in [2.75, 3.05) is 0 Å². The first-order valence-electron chi connectivity index (χ1n) is 37.6. The molecule has 0 amide bonds. The largest absolute Gasteiger partial charge is 0.494 e. The van der Waals surface area contributed by atoms with Crippen LogP contribution in [0.5, 0.6) is 11.5 Å². The Kier molecular flexibility index (Phi) is 22.2. The van der Waals surface area contributed by atoms with Crippen molar-refractivity contribution in [3.05, 3.63) is 353 Å². The third-order valence-electron chi connectivity index (χ3n) is 21.2. The molecule has 0 bridgehead atoms. The van der Waals surface area contributed by atoms with Crippen LogP contribution in [0.25, 0.3) is 129 Å². The lowest BCUT2D eigenvalue weighted by Crippen LogP contribution is -2.41. The molecule has 14 nitrogen and oxygen atoms in total. The number of halogens is 4. The maximum Gasteiger partial charge on any atom is 0.494 e. The monoisotopic (exact) mass is 1670 g/mol. The molecule has 3 aliphatic rings. The van der Waals surface area contributed by atoms with Crippen LogP contribution in [0.2, 0.25) is 21.0 Å². The summed E-state index contributed by atoms with van der Waals surface area (Å²) in [6.07, 6.45) is 0. The maximum atomic E-state index is 8.58. The van der Waals surface area contributed by atoms with Crippen LogP contribution in [-0.2, 0) is 14.7 Å². The Morgan fingerprint density at radius 3 is 1.19 bits per heavy atom. The van der Waals surface area contributed by atoms with E-state index in [1.807, 2.05) is 188 Å². The van der Waals surface area contributed by atoms with Crippen molar-refractivity contribution in [1.29, 1.82) is 0 Å². The molecule has 2 aliphatic heterocycles. The van der Waals surface area contributed by atoms with Gasteiger partial charge in [-0.1, -0.05) is 298 Å². The molecule has 1 spiro atoms. The summed E-state index contributed by atoms with van der Waals surface area (Å²) >= 11 is 29.0. The number of aromatic nitrogens is 9. The second-order valence-electron chi connectivity index (χ2n) is 28.8. The molecule has 576 valence electrons. The quantitative estimate of drug-likeness (QED) is 0.0872. The van der Waals surface area contributed by atoms with E-state index in [1.165, 1.54) is 9.40 Å². The average molecular weight is 1680 g/mol.